The number of halogens is 1. The zero-order valence-electron chi connectivity index (χ0n) is 19.1. The molecule has 2 aliphatic rings. The van der Waals surface area contributed by atoms with Gasteiger partial charge in [0.2, 0.25) is 0 Å². The number of nitrogens with one attached hydrogen (secondary N) is 1. The smallest absolute Gasteiger partial charge is 0.283 e. The number of quaternary nitrogens is 1. The van der Waals surface area contributed by atoms with E-state index >= 15 is 0 Å². The second-order valence-electron chi connectivity index (χ2n) is 8.85. The van der Waals surface area contributed by atoms with Crippen molar-refractivity contribution in [2.75, 3.05) is 31.1 Å². The van der Waals surface area contributed by atoms with Crippen LogP contribution >= 0.6 is 11.6 Å². The third-order valence-corrected chi connectivity index (χ3v) is 7.00. The summed E-state index contributed by atoms with van der Waals surface area (Å²) < 4.78 is 0. The minimum absolute atomic E-state index is 0.0117. The number of rotatable bonds is 5. The SMILES string of the molecule is Cc1cccc(N2C(=O)C(Cl)=C(N3CC[NH+](C(c4ccccc4)c4ccccc4)CC3)C2=O)c1. The summed E-state index contributed by atoms with van der Waals surface area (Å²) in [5, 5.41) is 0.0117. The van der Waals surface area contributed by atoms with E-state index < -0.39 is 5.91 Å². The van der Waals surface area contributed by atoms with Gasteiger partial charge in [-0.3, -0.25) is 9.59 Å². The van der Waals surface area contributed by atoms with Gasteiger partial charge in [-0.05, 0) is 24.6 Å². The van der Waals surface area contributed by atoms with Crippen molar-refractivity contribution in [1.82, 2.24) is 4.90 Å². The minimum atomic E-state index is -0.450. The summed E-state index contributed by atoms with van der Waals surface area (Å²) >= 11 is 6.45. The van der Waals surface area contributed by atoms with Crippen LogP contribution in [0.15, 0.2) is 95.7 Å². The summed E-state index contributed by atoms with van der Waals surface area (Å²) in [6, 6.07) is 28.7. The number of anilines is 1. The molecule has 1 saturated heterocycles. The van der Waals surface area contributed by atoms with Crippen molar-refractivity contribution in [2.24, 2.45) is 0 Å². The fraction of sp³-hybridized carbons (Fsp3) is 0.214. The van der Waals surface area contributed by atoms with E-state index in [0.29, 0.717) is 24.5 Å². The van der Waals surface area contributed by atoms with E-state index in [1.165, 1.54) is 20.9 Å². The van der Waals surface area contributed by atoms with Crippen molar-refractivity contribution >= 4 is 29.1 Å². The Hall–Kier alpha value is -3.41. The molecule has 0 spiro atoms. The zero-order valence-corrected chi connectivity index (χ0v) is 19.8. The van der Waals surface area contributed by atoms with Crippen LogP contribution in [0.2, 0.25) is 0 Å². The number of hydrogen-bond acceptors (Lipinski definition) is 3. The van der Waals surface area contributed by atoms with Crippen molar-refractivity contribution in [3.05, 3.63) is 112 Å². The number of piperazine rings is 1. The molecule has 5 nitrogen and oxygen atoms in total. The molecule has 0 unspecified atom stereocenters. The van der Waals surface area contributed by atoms with Crippen molar-refractivity contribution in [3.63, 3.8) is 0 Å². The minimum Gasteiger partial charge on any atom is -0.354 e. The predicted octanol–water partition coefficient (Wildman–Crippen LogP) is 3.31. The monoisotopic (exact) mass is 472 g/mol. The fourth-order valence-corrected chi connectivity index (χ4v) is 5.31. The van der Waals surface area contributed by atoms with Crippen molar-refractivity contribution in [2.45, 2.75) is 13.0 Å². The Labute approximate surface area is 204 Å². The molecule has 0 atom stereocenters. The van der Waals surface area contributed by atoms with Gasteiger partial charge in [0.05, 0.1) is 31.9 Å². The van der Waals surface area contributed by atoms with Crippen molar-refractivity contribution in [3.8, 4) is 0 Å². The van der Waals surface area contributed by atoms with E-state index in [2.05, 4.69) is 48.5 Å². The molecular formula is C28H27ClN3O2+. The Balaban J connectivity index is 1.36. The number of hydrogen-bond donors (Lipinski definition) is 1. The van der Waals surface area contributed by atoms with E-state index in [1.54, 1.807) is 6.07 Å². The number of aryl methyl sites for hydroxylation is 1. The molecule has 0 saturated carbocycles. The molecule has 0 radical (unpaired) electrons. The van der Waals surface area contributed by atoms with Crippen LogP contribution in [0, 0.1) is 6.92 Å². The van der Waals surface area contributed by atoms with Gasteiger partial charge in [0.1, 0.15) is 16.8 Å². The summed E-state index contributed by atoms with van der Waals surface area (Å²) in [5.74, 6) is -0.791. The maximum atomic E-state index is 13.3. The molecule has 2 aliphatic heterocycles. The normalized spacial score (nSPS) is 17.3. The highest BCUT2D eigenvalue weighted by Crippen LogP contribution is 2.31. The highest BCUT2D eigenvalue weighted by Gasteiger charge is 2.43. The summed E-state index contributed by atoms with van der Waals surface area (Å²) in [4.78, 5) is 30.8. The molecule has 2 amide bonds. The van der Waals surface area contributed by atoms with E-state index in [4.69, 9.17) is 11.6 Å². The average Bonchev–Trinajstić information content (AvgIpc) is 3.09. The van der Waals surface area contributed by atoms with Crippen molar-refractivity contribution in [1.29, 1.82) is 0 Å². The van der Waals surface area contributed by atoms with Gasteiger partial charge in [0, 0.05) is 11.1 Å². The topological polar surface area (TPSA) is 45.1 Å². The Morgan fingerprint density at radius 1 is 0.794 bits per heavy atom. The van der Waals surface area contributed by atoms with Gasteiger partial charge >= 0.3 is 0 Å². The molecule has 172 valence electrons. The second-order valence-corrected chi connectivity index (χ2v) is 9.22. The lowest BCUT2D eigenvalue weighted by Gasteiger charge is -2.38. The number of benzene rings is 3. The number of carbonyl (C=O) groups excluding carboxylic acids is 2. The molecule has 1 fully saturated rings. The molecular weight excluding hydrogens is 446 g/mol. The summed E-state index contributed by atoms with van der Waals surface area (Å²) in [7, 11) is 0. The zero-order chi connectivity index (χ0) is 23.7. The highest BCUT2D eigenvalue weighted by atomic mass is 35.5. The maximum absolute atomic E-state index is 13.3. The molecule has 0 aliphatic carbocycles. The van der Waals surface area contributed by atoms with Crippen LogP contribution in [0.3, 0.4) is 0 Å². The molecule has 34 heavy (non-hydrogen) atoms. The van der Waals surface area contributed by atoms with Gasteiger partial charge in [0.15, 0.2) is 0 Å². The molecule has 3 aromatic rings. The van der Waals surface area contributed by atoms with Gasteiger partial charge in [-0.1, -0.05) is 84.4 Å². The van der Waals surface area contributed by atoms with Gasteiger partial charge < -0.3 is 9.80 Å². The molecule has 0 aromatic heterocycles. The molecule has 1 N–H and O–H groups in total. The first-order valence-corrected chi connectivity index (χ1v) is 12.0. The number of imide groups is 1. The van der Waals surface area contributed by atoms with Crippen LogP contribution in [-0.2, 0) is 9.59 Å². The summed E-state index contributed by atoms with van der Waals surface area (Å²) in [6.45, 7) is 4.89. The Bertz CT molecular complexity index is 1200. The van der Waals surface area contributed by atoms with Crippen molar-refractivity contribution < 1.29 is 14.5 Å². The van der Waals surface area contributed by atoms with Crippen LogP contribution in [0.4, 0.5) is 5.69 Å². The van der Waals surface area contributed by atoms with Crippen LogP contribution in [0.5, 0.6) is 0 Å². The lowest BCUT2D eigenvalue weighted by molar-refractivity contribution is -0.929. The van der Waals surface area contributed by atoms with E-state index in [1.807, 2.05) is 42.2 Å². The van der Waals surface area contributed by atoms with Gasteiger partial charge in [0.25, 0.3) is 11.8 Å². The van der Waals surface area contributed by atoms with Crippen LogP contribution in [-0.4, -0.2) is 42.9 Å². The predicted molar refractivity (Wildman–Crippen MR) is 134 cm³/mol. The Kier molecular flexibility index (Phi) is 6.22. The Morgan fingerprint density at radius 2 is 1.38 bits per heavy atom. The van der Waals surface area contributed by atoms with Crippen LogP contribution in [0.25, 0.3) is 0 Å². The maximum Gasteiger partial charge on any atom is 0.283 e. The second kappa shape index (κ2) is 9.45. The van der Waals surface area contributed by atoms with E-state index in [0.717, 1.165) is 18.7 Å². The van der Waals surface area contributed by atoms with E-state index in [9.17, 15) is 9.59 Å². The third kappa shape index (κ3) is 4.13. The molecule has 0 bridgehead atoms. The number of amides is 2. The van der Waals surface area contributed by atoms with Crippen LogP contribution in [0.1, 0.15) is 22.7 Å². The largest absolute Gasteiger partial charge is 0.354 e. The van der Waals surface area contributed by atoms with Crippen LogP contribution < -0.4 is 9.80 Å². The summed E-state index contributed by atoms with van der Waals surface area (Å²) in [6.07, 6.45) is 0. The van der Waals surface area contributed by atoms with Gasteiger partial charge in [-0.15, -0.1) is 0 Å². The number of carbonyl (C=O) groups is 2. The summed E-state index contributed by atoms with van der Waals surface area (Å²) in [5.41, 5.74) is 4.40. The fourth-order valence-electron chi connectivity index (χ4n) is 5.03. The first-order chi connectivity index (χ1) is 16.5. The van der Waals surface area contributed by atoms with Gasteiger partial charge in [-0.2, -0.15) is 0 Å². The molecule has 6 heteroatoms. The highest BCUT2D eigenvalue weighted by molar-refractivity contribution is 6.52. The molecule has 2 heterocycles. The molecule has 3 aromatic carbocycles. The average molecular weight is 473 g/mol. The number of nitrogens with zero attached hydrogens (tertiary/aromatic N) is 2. The standard InChI is InChI=1S/C28H26ClN3O2/c1-20-9-8-14-23(19-20)32-27(33)24(29)26(28(32)34)31-17-15-30(16-18-31)25(21-10-4-2-5-11-21)22-12-6-3-7-13-22/h2-14,19,25H,15-18H2,1H3/p+1. The van der Waals surface area contributed by atoms with Gasteiger partial charge in [-0.25, -0.2) is 4.90 Å². The Morgan fingerprint density at radius 3 is 1.94 bits per heavy atom. The molecule has 5 rings (SSSR count). The van der Waals surface area contributed by atoms with E-state index in [-0.39, 0.29) is 17.0 Å². The quantitative estimate of drug-likeness (QED) is 0.579. The first-order valence-electron chi connectivity index (χ1n) is 11.6. The first kappa shape index (κ1) is 22.4. The third-order valence-electron chi connectivity index (χ3n) is 6.66. The lowest BCUT2D eigenvalue weighted by atomic mass is 9.96. The lowest BCUT2D eigenvalue weighted by Crippen LogP contribution is -3.15.